The van der Waals surface area contributed by atoms with Crippen molar-refractivity contribution in [3.05, 3.63) is 29.3 Å². The summed E-state index contributed by atoms with van der Waals surface area (Å²) >= 11 is 0. The largest absolute Gasteiger partial charge is 0.392 e. The average molecular weight is 236 g/mol. The van der Waals surface area contributed by atoms with E-state index < -0.39 is 0 Å². The fourth-order valence-corrected chi connectivity index (χ4v) is 1.79. The number of aryl methyl sites for hydroxylation is 1. The van der Waals surface area contributed by atoms with Crippen LogP contribution in [0.25, 0.3) is 0 Å². The molecule has 0 aromatic heterocycles. The molecule has 2 N–H and O–H groups in total. The molecule has 0 saturated carbocycles. The molecule has 0 fully saturated rings. The Morgan fingerprint density at radius 1 is 1.47 bits per heavy atom. The van der Waals surface area contributed by atoms with Crippen molar-refractivity contribution >= 4 is 11.6 Å². The monoisotopic (exact) mass is 236 g/mol. The highest BCUT2D eigenvalue weighted by molar-refractivity contribution is 5.81. The van der Waals surface area contributed by atoms with Crippen molar-refractivity contribution in [3.63, 3.8) is 0 Å². The summed E-state index contributed by atoms with van der Waals surface area (Å²) in [5, 5.41) is 11.7. The highest BCUT2D eigenvalue weighted by atomic mass is 16.3. The SMILES string of the molecule is CCN(CC(=O)NC)c1ccc(CO)cc1C. The minimum atomic E-state index is -0.00233. The average Bonchev–Trinajstić information content (AvgIpc) is 2.35. The molecular formula is C13H20N2O2. The van der Waals surface area contributed by atoms with Gasteiger partial charge in [-0.25, -0.2) is 0 Å². The van der Waals surface area contributed by atoms with E-state index in [2.05, 4.69) is 5.32 Å². The Kier molecular flexibility index (Phi) is 4.97. The second kappa shape index (κ2) is 6.25. The summed E-state index contributed by atoms with van der Waals surface area (Å²) in [7, 11) is 1.64. The minimum absolute atomic E-state index is 0.00233. The molecule has 0 bridgehead atoms. The molecule has 0 radical (unpaired) electrons. The molecule has 1 amide bonds. The van der Waals surface area contributed by atoms with Gasteiger partial charge in [0, 0.05) is 19.3 Å². The van der Waals surface area contributed by atoms with Crippen LogP contribution in [-0.4, -0.2) is 31.2 Å². The van der Waals surface area contributed by atoms with Gasteiger partial charge in [-0.05, 0) is 31.0 Å². The number of aliphatic hydroxyl groups is 1. The van der Waals surface area contributed by atoms with Crippen LogP contribution < -0.4 is 10.2 Å². The van der Waals surface area contributed by atoms with Gasteiger partial charge in [-0.3, -0.25) is 4.79 Å². The zero-order chi connectivity index (χ0) is 12.8. The summed E-state index contributed by atoms with van der Waals surface area (Å²) in [6, 6.07) is 5.78. The number of carbonyl (C=O) groups excluding carboxylic acids is 1. The Hall–Kier alpha value is -1.55. The maximum Gasteiger partial charge on any atom is 0.239 e. The number of amides is 1. The van der Waals surface area contributed by atoms with Crippen LogP contribution in [0, 0.1) is 6.92 Å². The van der Waals surface area contributed by atoms with E-state index in [1.807, 2.05) is 36.9 Å². The van der Waals surface area contributed by atoms with Gasteiger partial charge in [-0.2, -0.15) is 0 Å². The lowest BCUT2D eigenvalue weighted by molar-refractivity contribution is -0.119. The van der Waals surface area contributed by atoms with E-state index in [-0.39, 0.29) is 12.5 Å². The lowest BCUT2D eigenvalue weighted by atomic mass is 10.1. The lowest BCUT2D eigenvalue weighted by Gasteiger charge is -2.24. The number of rotatable bonds is 5. The predicted molar refractivity (Wildman–Crippen MR) is 69.1 cm³/mol. The summed E-state index contributed by atoms with van der Waals surface area (Å²) in [6.45, 7) is 5.17. The van der Waals surface area contributed by atoms with Crippen molar-refractivity contribution in [2.24, 2.45) is 0 Å². The number of carbonyl (C=O) groups is 1. The van der Waals surface area contributed by atoms with Gasteiger partial charge in [0.2, 0.25) is 5.91 Å². The normalized spacial score (nSPS) is 10.1. The molecule has 1 aromatic rings. The number of likely N-dealkylation sites (N-methyl/N-ethyl adjacent to an activating group) is 2. The number of nitrogens with zero attached hydrogens (tertiary/aromatic N) is 1. The molecule has 4 nitrogen and oxygen atoms in total. The second-order valence-electron chi connectivity index (χ2n) is 3.97. The molecule has 1 rings (SSSR count). The van der Waals surface area contributed by atoms with Crippen molar-refractivity contribution in [2.75, 3.05) is 25.0 Å². The van der Waals surface area contributed by atoms with Crippen molar-refractivity contribution < 1.29 is 9.90 Å². The maximum atomic E-state index is 11.4. The maximum absolute atomic E-state index is 11.4. The molecule has 1 aromatic carbocycles. The fourth-order valence-electron chi connectivity index (χ4n) is 1.79. The molecule has 0 aliphatic rings. The number of anilines is 1. The standard InChI is InChI=1S/C13H20N2O2/c1-4-15(8-13(17)14-3)12-6-5-11(9-16)7-10(12)2/h5-7,16H,4,8-9H2,1-3H3,(H,14,17). The molecule has 0 heterocycles. The van der Waals surface area contributed by atoms with Gasteiger partial charge in [0.05, 0.1) is 13.2 Å². The van der Waals surface area contributed by atoms with Crippen LogP contribution in [0.3, 0.4) is 0 Å². The zero-order valence-corrected chi connectivity index (χ0v) is 10.7. The number of aliphatic hydroxyl groups excluding tert-OH is 1. The van der Waals surface area contributed by atoms with Gasteiger partial charge >= 0.3 is 0 Å². The van der Waals surface area contributed by atoms with Crippen LogP contribution in [0.15, 0.2) is 18.2 Å². The first-order valence-corrected chi connectivity index (χ1v) is 5.78. The van der Waals surface area contributed by atoms with E-state index in [9.17, 15) is 4.79 Å². The van der Waals surface area contributed by atoms with Crippen LogP contribution in [0.1, 0.15) is 18.1 Å². The van der Waals surface area contributed by atoms with Gasteiger partial charge in [-0.15, -0.1) is 0 Å². The smallest absolute Gasteiger partial charge is 0.239 e. The Balaban J connectivity index is 2.92. The van der Waals surface area contributed by atoms with Crippen LogP contribution >= 0.6 is 0 Å². The highest BCUT2D eigenvalue weighted by Gasteiger charge is 2.11. The molecule has 0 atom stereocenters. The molecule has 0 saturated heterocycles. The molecule has 4 heteroatoms. The van der Waals surface area contributed by atoms with Gasteiger partial charge in [-0.1, -0.05) is 12.1 Å². The predicted octanol–water partition coefficient (Wildman–Crippen LogP) is 1.06. The minimum Gasteiger partial charge on any atom is -0.392 e. The number of hydrogen-bond donors (Lipinski definition) is 2. The van der Waals surface area contributed by atoms with Gasteiger partial charge in [0.1, 0.15) is 0 Å². The highest BCUT2D eigenvalue weighted by Crippen LogP contribution is 2.21. The lowest BCUT2D eigenvalue weighted by Crippen LogP contribution is -2.35. The number of nitrogens with one attached hydrogen (secondary N) is 1. The molecule has 0 spiro atoms. The zero-order valence-electron chi connectivity index (χ0n) is 10.7. The third-order valence-electron chi connectivity index (χ3n) is 2.78. The van der Waals surface area contributed by atoms with Gasteiger partial charge in [0.15, 0.2) is 0 Å². The first-order chi connectivity index (χ1) is 8.12. The molecule has 0 aliphatic carbocycles. The molecular weight excluding hydrogens is 216 g/mol. The van der Waals surface area contributed by atoms with E-state index in [0.29, 0.717) is 6.54 Å². The summed E-state index contributed by atoms with van der Waals surface area (Å²) in [5.74, 6) is -0.00233. The van der Waals surface area contributed by atoms with E-state index >= 15 is 0 Å². The van der Waals surface area contributed by atoms with Crippen molar-refractivity contribution in [3.8, 4) is 0 Å². The quantitative estimate of drug-likeness (QED) is 0.803. The molecule has 94 valence electrons. The van der Waals surface area contributed by atoms with Crippen LogP contribution in [0.2, 0.25) is 0 Å². The van der Waals surface area contributed by atoms with Gasteiger partial charge in [0.25, 0.3) is 0 Å². The van der Waals surface area contributed by atoms with E-state index in [4.69, 9.17) is 5.11 Å². The Morgan fingerprint density at radius 3 is 2.65 bits per heavy atom. The molecule has 0 unspecified atom stereocenters. The first-order valence-electron chi connectivity index (χ1n) is 5.78. The summed E-state index contributed by atoms with van der Waals surface area (Å²) in [6.07, 6.45) is 0. The summed E-state index contributed by atoms with van der Waals surface area (Å²) in [4.78, 5) is 13.4. The topological polar surface area (TPSA) is 52.6 Å². The Morgan fingerprint density at radius 2 is 2.18 bits per heavy atom. The summed E-state index contributed by atoms with van der Waals surface area (Å²) in [5.41, 5.74) is 3.00. The van der Waals surface area contributed by atoms with Gasteiger partial charge < -0.3 is 15.3 Å². The number of benzene rings is 1. The Labute approximate surface area is 102 Å². The molecule has 0 aliphatic heterocycles. The van der Waals surface area contributed by atoms with E-state index in [1.165, 1.54) is 0 Å². The van der Waals surface area contributed by atoms with Crippen LogP contribution in [-0.2, 0) is 11.4 Å². The first kappa shape index (κ1) is 13.5. The van der Waals surface area contributed by atoms with Crippen LogP contribution in [0.5, 0.6) is 0 Å². The van der Waals surface area contributed by atoms with E-state index in [1.54, 1.807) is 7.05 Å². The van der Waals surface area contributed by atoms with Crippen molar-refractivity contribution in [2.45, 2.75) is 20.5 Å². The van der Waals surface area contributed by atoms with E-state index in [0.717, 1.165) is 23.4 Å². The van der Waals surface area contributed by atoms with Crippen molar-refractivity contribution in [1.29, 1.82) is 0 Å². The fraction of sp³-hybridized carbons (Fsp3) is 0.462. The number of hydrogen-bond acceptors (Lipinski definition) is 3. The third-order valence-corrected chi connectivity index (χ3v) is 2.78. The molecule has 17 heavy (non-hydrogen) atoms. The Bertz CT molecular complexity index is 391. The van der Waals surface area contributed by atoms with Crippen LogP contribution in [0.4, 0.5) is 5.69 Å². The van der Waals surface area contributed by atoms with Crippen molar-refractivity contribution in [1.82, 2.24) is 5.32 Å². The third kappa shape index (κ3) is 3.46. The summed E-state index contributed by atoms with van der Waals surface area (Å²) < 4.78 is 0. The second-order valence-corrected chi connectivity index (χ2v) is 3.97.